The van der Waals surface area contributed by atoms with Crippen LogP contribution in [0.3, 0.4) is 0 Å². The molecule has 0 unspecified atom stereocenters. The summed E-state index contributed by atoms with van der Waals surface area (Å²) in [5.74, 6) is 0. The molecule has 0 radical (unpaired) electrons. The van der Waals surface area contributed by atoms with Gasteiger partial charge < -0.3 is 5.32 Å². The molecule has 0 bridgehead atoms. The number of anilines is 1. The van der Waals surface area contributed by atoms with Gasteiger partial charge in [0, 0.05) is 11.6 Å². The second kappa shape index (κ2) is 5.92. The zero-order valence-electron chi connectivity index (χ0n) is 10.2. The van der Waals surface area contributed by atoms with Crippen molar-refractivity contribution in [3.8, 4) is 0 Å². The lowest BCUT2D eigenvalue weighted by Crippen LogP contribution is -2.11. The Labute approximate surface area is 121 Å². The van der Waals surface area contributed by atoms with Crippen molar-refractivity contribution in [3.05, 3.63) is 46.3 Å². The molecule has 1 aromatic heterocycles. The van der Waals surface area contributed by atoms with E-state index in [1.807, 2.05) is 12.4 Å². The summed E-state index contributed by atoms with van der Waals surface area (Å²) in [5, 5.41) is 5.29. The Morgan fingerprint density at radius 2 is 2.11 bits per heavy atom. The average molecular weight is 317 g/mol. The van der Waals surface area contributed by atoms with Gasteiger partial charge in [-0.25, -0.2) is 8.42 Å². The van der Waals surface area contributed by atoms with Crippen molar-refractivity contribution in [1.82, 2.24) is 5.32 Å². The van der Waals surface area contributed by atoms with Gasteiger partial charge in [-0.3, -0.25) is 4.72 Å². The fourth-order valence-electron chi connectivity index (χ4n) is 1.55. The number of halogens is 1. The molecule has 0 saturated carbocycles. The second-order valence-corrected chi connectivity index (χ2v) is 7.18. The number of benzene rings is 1. The minimum atomic E-state index is -3.55. The molecule has 4 nitrogen and oxygen atoms in total. The van der Waals surface area contributed by atoms with E-state index in [-0.39, 0.29) is 4.21 Å². The van der Waals surface area contributed by atoms with Crippen molar-refractivity contribution in [2.75, 3.05) is 11.8 Å². The largest absolute Gasteiger partial charge is 0.316 e. The third-order valence-electron chi connectivity index (χ3n) is 2.35. The molecule has 0 fully saturated rings. The number of rotatable bonds is 5. The van der Waals surface area contributed by atoms with Crippen molar-refractivity contribution >= 4 is 38.6 Å². The summed E-state index contributed by atoms with van der Waals surface area (Å²) < 4.78 is 27.1. The molecule has 0 aliphatic carbocycles. The Hall–Kier alpha value is -1.08. The van der Waals surface area contributed by atoms with Crippen molar-refractivity contribution in [3.63, 3.8) is 0 Å². The minimum Gasteiger partial charge on any atom is -0.316 e. The van der Waals surface area contributed by atoms with Gasteiger partial charge in [0.1, 0.15) is 4.21 Å². The van der Waals surface area contributed by atoms with Gasteiger partial charge in [0.05, 0.1) is 5.69 Å². The third kappa shape index (κ3) is 3.70. The molecule has 19 heavy (non-hydrogen) atoms. The van der Waals surface area contributed by atoms with Crippen LogP contribution in [0, 0.1) is 0 Å². The van der Waals surface area contributed by atoms with E-state index in [1.165, 1.54) is 11.3 Å². The maximum Gasteiger partial charge on any atom is 0.271 e. The van der Waals surface area contributed by atoms with E-state index in [4.69, 9.17) is 11.6 Å². The van der Waals surface area contributed by atoms with E-state index >= 15 is 0 Å². The van der Waals surface area contributed by atoms with E-state index < -0.39 is 10.0 Å². The monoisotopic (exact) mass is 316 g/mol. The SMILES string of the molecule is CNCc1csc(S(=O)(=O)Nc2cccc(Cl)c2)c1. The van der Waals surface area contributed by atoms with E-state index in [9.17, 15) is 8.42 Å². The maximum atomic E-state index is 12.2. The van der Waals surface area contributed by atoms with Gasteiger partial charge in [0.15, 0.2) is 0 Å². The molecule has 102 valence electrons. The van der Waals surface area contributed by atoms with Crippen LogP contribution in [-0.4, -0.2) is 15.5 Å². The highest BCUT2D eigenvalue weighted by atomic mass is 35.5. The van der Waals surface area contributed by atoms with Crippen molar-refractivity contribution in [2.24, 2.45) is 0 Å². The van der Waals surface area contributed by atoms with Crippen LogP contribution in [0.2, 0.25) is 5.02 Å². The quantitative estimate of drug-likeness (QED) is 0.891. The van der Waals surface area contributed by atoms with Crippen LogP contribution in [0.25, 0.3) is 0 Å². The predicted molar refractivity (Wildman–Crippen MR) is 79.3 cm³/mol. The van der Waals surface area contributed by atoms with Crippen LogP contribution in [0.15, 0.2) is 39.9 Å². The number of hydrogen-bond donors (Lipinski definition) is 2. The normalized spacial score (nSPS) is 11.5. The molecule has 0 spiro atoms. The lowest BCUT2D eigenvalue weighted by Gasteiger charge is -2.06. The van der Waals surface area contributed by atoms with E-state index in [0.717, 1.165) is 5.56 Å². The molecule has 7 heteroatoms. The van der Waals surface area contributed by atoms with E-state index in [0.29, 0.717) is 17.3 Å². The molecule has 0 aliphatic heterocycles. The first-order valence-electron chi connectivity index (χ1n) is 5.51. The average Bonchev–Trinajstić information content (AvgIpc) is 2.78. The fourth-order valence-corrected chi connectivity index (χ4v) is 4.00. The van der Waals surface area contributed by atoms with Crippen LogP contribution >= 0.6 is 22.9 Å². The fraction of sp³-hybridized carbons (Fsp3) is 0.167. The second-order valence-electron chi connectivity index (χ2n) is 3.92. The van der Waals surface area contributed by atoms with Crippen molar-refractivity contribution in [1.29, 1.82) is 0 Å². The Bertz CT molecular complexity index is 668. The molecule has 0 amide bonds. The number of hydrogen-bond acceptors (Lipinski definition) is 4. The Morgan fingerprint density at radius 3 is 2.79 bits per heavy atom. The molecule has 1 aromatic carbocycles. The number of nitrogens with one attached hydrogen (secondary N) is 2. The summed E-state index contributed by atoms with van der Waals surface area (Å²) in [5.41, 5.74) is 1.40. The van der Waals surface area contributed by atoms with Gasteiger partial charge >= 0.3 is 0 Å². The summed E-state index contributed by atoms with van der Waals surface area (Å²) in [6, 6.07) is 8.28. The van der Waals surface area contributed by atoms with Crippen molar-refractivity contribution < 1.29 is 8.42 Å². The molecular weight excluding hydrogens is 304 g/mol. The number of thiophene rings is 1. The summed E-state index contributed by atoms with van der Waals surface area (Å²) in [7, 11) is -1.73. The molecule has 2 rings (SSSR count). The predicted octanol–water partition coefficient (Wildman–Crippen LogP) is 2.92. The van der Waals surface area contributed by atoms with Crippen LogP contribution in [0.5, 0.6) is 0 Å². The van der Waals surface area contributed by atoms with Gasteiger partial charge in [-0.15, -0.1) is 11.3 Å². The first kappa shape index (κ1) is 14.3. The number of sulfonamides is 1. The van der Waals surface area contributed by atoms with Crippen LogP contribution in [0.4, 0.5) is 5.69 Å². The summed E-state index contributed by atoms with van der Waals surface area (Å²) in [4.78, 5) is 0. The zero-order chi connectivity index (χ0) is 13.9. The Morgan fingerprint density at radius 1 is 1.32 bits per heavy atom. The third-order valence-corrected chi connectivity index (χ3v) is 5.46. The van der Waals surface area contributed by atoms with Gasteiger partial charge in [-0.2, -0.15) is 0 Å². The molecule has 0 atom stereocenters. The van der Waals surface area contributed by atoms with Crippen LogP contribution < -0.4 is 10.0 Å². The molecular formula is C12H13ClN2O2S2. The Balaban J connectivity index is 2.22. The first-order valence-corrected chi connectivity index (χ1v) is 8.26. The molecule has 2 N–H and O–H groups in total. The smallest absolute Gasteiger partial charge is 0.271 e. The zero-order valence-corrected chi connectivity index (χ0v) is 12.6. The van der Waals surface area contributed by atoms with Gasteiger partial charge in [0.2, 0.25) is 0 Å². The van der Waals surface area contributed by atoms with Crippen molar-refractivity contribution in [2.45, 2.75) is 10.8 Å². The summed E-state index contributed by atoms with van der Waals surface area (Å²) in [6.45, 7) is 0.642. The standard InChI is InChI=1S/C12H13ClN2O2S2/c1-14-7-9-5-12(18-8-9)19(16,17)15-11-4-2-3-10(13)6-11/h2-6,8,14-15H,7H2,1H3. The molecule has 0 saturated heterocycles. The van der Waals surface area contributed by atoms with Crippen LogP contribution in [-0.2, 0) is 16.6 Å². The van der Waals surface area contributed by atoms with E-state index in [1.54, 1.807) is 30.3 Å². The van der Waals surface area contributed by atoms with Gasteiger partial charge in [-0.05, 0) is 42.3 Å². The highest BCUT2D eigenvalue weighted by molar-refractivity contribution is 7.94. The lowest BCUT2D eigenvalue weighted by molar-refractivity contribution is 0.603. The van der Waals surface area contributed by atoms with E-state index in [2.05, 4.69) is 10.0 Å². The van der Waals surface area contributed by atoms with Gasteiger partial charge in [-0.1, -0.05) is 17.7 Å². The van der Waals surface area contributed by atoms with Crippen LogP contribution in [0.1, 0.15) is 5.56 Å². The topological polar surface area (TPSA) is 58.2 Å². The highest BCUT2D eigenvalue weighted by Gasteiger charge is 2.16. The summed E-state index contributed by atoms with van der Waals surface area (Å²) >= 11 is 7.02. The Kier molecular flexibility index (Phi) is 4.46. The van der Waals surface area contributed by atoms with Gasteiger partial charge in [0.25, 0.3) is 10.0 Å². The maximum absolute atomic E-state index is 12.2. The first-order chi connectivity index (χ1) is 9.01. The molecule has 2 aromatic rings. The molecule has 0 aliphatic rings. The minimum absolute atomic E-state index is 0.290. The highest BCUT2D eigenvalue weighted by Crippen LogP contribution is 2.24. The summed E-state index contributed by atoms with van der Waals surface area (Å²) in [6.07, 6.45) is 0. The molecule has 1 heterocycles. The lowest BCUT2D eigenvalue weighted by atomic mass is 10.3.